The van der Waals surface area contributed by atoms with Crippen LogP contribution in [0.1, 0.15) is 17.2 Å². The maximum absolute atomic E-state index is 11.2. The van der Waals surface area contributed by atoms with Crippen LogP contribution in [0.4, 0.5) is 5.69 Å². The fourth-order valence-electron chi connectivity index (χ4n) is 1.81. The van der Waals surface area contributed by atoms with Crippen LogP contribution in [0.25, 0.3) is 0 Å². The molecule has 2 aromatic carbocycles. The molecule has 2 N–H and O–H groups in total. The minimum atomic E-state index is -0.439. The number of rotatable bonds is 5. The second kappa shape index (κ2) is 6.36. The van der Waals surface area contributed by atoms with E-state index >= 15 is 0 Å². The zero-order valence-electron chi connectivity index (χ0n) is 10.2. The van der Waals surface area contributed by atoms with E-state index in [0.29, 0.717) is 5.02 Å². The smallest absolute Gasteiger partial charge is 0.146 e. The Morgan fingerprint density at radius 2 is 1.95 bits per heavy atom. The summed E-state index contributed by atoms with van der Waals surface area (Å²) in [6.07, 6.45) is 0.842. The number of aldehydes is 1. The fourth-order valence-corrected chi connectivity index (χ4v) is 1.93. The molecule has 0 heterocycles. The highest BCUT2D eigenvalue weighted by Gasteiger charge is 2.10. The molecule has 3 nitrogen and oxygen atoms in total. The van der Waals surface area contributed by atoms with Crippen LogP contribution in [0.15, 0.2) is 48.5 Å². The first kappa shape index (κ1) is 13.6. The van der Waals surface area contributed by atoms with Gasteiger partial charge in [-0.05, 0) is 35.4 Å². The van der Waals surface area contributed by atoms with Gasteiger partial charge in [0.05, 0.1) is 6.61 Å². The van der Waals surface area contributed by atoms with Crippen molar-refractivity contribution in [3.63, 3.8) is 0 Å². The lowest BCUT2D eigenvalue weighted by atomic mass is 10.1. The highest BCUT2D eigenvalue weighted by molar-refractivity contribution is 6.30. The van der Waals surface area contributed by atoms with Gasteiger partial charge in [0.25, 0.3) is 0 Å². The number of hydrogen-bond donors (Lipinski definition) is 2. The average molecular weight is 276 g/mol. The molecule has 2 aromatic rings. The molecular formula is C15H14ClNO2. The van der Waals surface area contributed by atoms with Crippen molar-refractivity contribution in [2.45, 2.75) is 12.6 Å². The number of benzene rings is 2. The van der Waals surface area contributed by atoms with Crippen LogP contribution < -0.4 is 5.32 Å². The molecule has 0 aliphatic carbocycles. The third-order valence-electron chi connectivity index (χ3n) is 2.80. The molecular weight excluding hydrogens is 262 g/mol. The van der Waals surface area contributed by atoms with Gasteiger partial charge in [0.15, 0.2) is 0 Å². The maximum Gasteiger partial charge on any atom is 0.146 e. The molecule has 4 heteroatoms. The Hall–Kier alpha value is -1.84. The van der Waals surface area contributed by atoms with E-state index in [9.17, 15) is 4.79 Å². The SMILES string of the molecule is O=CC(Nc1cccc(CO)c1)c1ccc(Cl)cc1. The Kier molecular flexibility index (Phi) is 4.55. The molecule has 0 amide bonds. The normalized spacial score (nSPS) is 11.9. The summed E-state index contributed by atoms with van der Waals surface area (Å²) in [5.41, 5.74) is 2.43. The molecule has 1 atom stereocenters. The number of anilines is 1. The van der Waals surface area contributed by atoms with Gasteiger partial charge < -0.3 is 15.2 Å². The highest BCUT2D eigenvalue weighted by Crippen LogP contribution is 2.20. The number of aliphatic hydroxyl groups excluding tert-OH is 1. The maximum atomic E-state index is 11.2. The average Bonchev–Trinajstić information content (AvgIpc) is 2.46. The predicted molar refractivity (Wildman–Crippen MR) is 76.2 cm³/mol. The van der Waals surface area contributed by atoms with Crippen molar-refractivity contribution in [1.29, 1.82) is 0 Å². The minimum absolute atomic E-state index is 0.0256. The van der Waals surface area contributed by atoms with E-state index in [0.717, 1.165) is 23.1 Å². The predicted octanol–water partition coefficient (Wildman–Crippen LogP) is 3.18. The summed E-state index contributed by atoms with van der Waals surface area (Å²) in [5, 5.41) is 12.8. The quantitative estimate of drug-likeness (QED) is 0.824. The number of carbonyl (C=O) groups excluding carboxylic acids is 1. The standard InChI is InChI=1S/C15H14ClNO2/c16-13-6-4-12(5-7-13)15(10-19)17-14-3-1-2-11(8-14)9-18/h1-8,10,15,17-18H,9H2. The van der Waals surface area contributed by atoms with Crippen molar-refractivity contribution < 1.29 is 9.90 Å². The van der Waals surface area contributed by atoms with Crippen LogP contribution in [0.2, 0.25) is 5.02 Å². The van der Waals surface area contributed by atoms with E-state index < -0.39 is 6.04 Å². The first-order valence-electron chi connectivity index (χ1n) is 5.90. The van der Waals surface area contributed by atoms with Crippen molar-refractivity contribution in [2.24, 2.45) is 0 Å². The molecule has 0 aliphatic rings. The second-order valence-electron chi connectivity index (χ2n) is 4.17. The highest BCUT2D eigenvalue weighted by atomic mass is 35.5. The van der Waals surface area contributed by atoms with Crippen LogP contribution in [0, 0.1) is 0 Å². The van der Waals surface area contributed by atoms with Crippen LogP contribution in [-0.2, 0) is 11.4 Å². The van der Waals surface area contributed by atoms with Gasteiger partial charge in [0.2, 0.25) is 0 Å². The zero-order valence-corrected chi connectivity index (χ0v) is 11.0. The van der Waals surface area contributed by atoms with Gasteiger partial charge in [-0.15, -0.1) is 0 Å². The number of carbonyl (C=O) groups is 1. The Labute approximate surface area is 116 Å². The molecule has 0 bridgehead atoms. The van der Waals surface area contributed by atoms with Crippen molar-refractivity contribution >= 4 is 23.6 Å². The lowest BCUT2D eigenvalue weighted by molar-refractivity contribution is -0.108. The molecule has 0 fully saturated rings. The number of halogens is 1. The molecule has 0 aromatic heterocycles. The van der Waals surface area contributed by atoms with Crippen LogP contribution in [0.5, 0.6) is 0 Å². The van der Waals surface area contributed by atoms with Gasteiger partial charge in [0, 0.05) is 10.7 Å². The first-order chi connectivity index (χ1) is 9.22. The van der Waals surface area contributed by atoms with Gasteiger partial charge in [-0.3, -0.25) is 0 Å². The molecule has 98 valence electrons. The van der Waals surface area contributed by atoms with Gasteiger partial charge in [-0.25, -0.2) is 0 Å². The summed E-state index contributed by atoms with van der Waals surface area (Å²) in [6, 6.07) is 14.0. The monoisotopic (exact) mass is 275 g/mol. The minimum Gasteiger partial charge on any atom is -0.392 e. The third-order valence-corrected chi connectivity index (χ3v) is 3.05. The number of aliphatic hydroxyl groups is 1. The molecule has 2 rings (SSSR count). The second-order valence-corrected chi connectivity index (χ2v) is 4.60. The zero-order chi connectivity index (χ0) is 13.7. The summed E-state index contributed by atoms with van der Waals surface area (Å²) >= 11 is 5.82. The van der Waals surface area contributed by atoms with Gasteiger partial charge in [0.1, 0.15) is 12.3 Å². The number of hydrogen-bond acceptors (Lipinski definition) is 3. The van der Waals surface area contributed by atoms with Gasteiger partial charge in [-0.2, -0.15) is 0 Å². The van der Waals surface area contributed by atoms with Gasteiger partial charge in [-0.1, -0.05) is 35.9 Å². The molecule has 19 heavy (non-hydrogen) atoms. The fraction of sp³-hybridized carbons (Fsp3) is 0.133. The third kappa shape index (κ3) is 3.56. The Bertz CT molecular complexity index is 554. The van der Waals surface area contributed by atoms with Crippen molar-refractivity contribution in [1.82, 2.24) is 0 Å². The van der Waals surface area contributed by atoms with Crippen LogP contribution >= 0.6 is 11.6 Å². The summed E-state index contributed by atoms with van der Waals surface area (Å²) in [7, 11) is 0. The molecule has 0 radical (unpaired) electrons. The topological polar surface area (TPSA) is 49.3 Å². The largest absolute Gasteiger partial charge is 0.392 e. The summed E-state index contributed by atoms with van der Waals surface area (Å²) < 4.78 is 0. The summed E-state index contributed by atoms with van der Waals surface area (Å²) in [4.78, 5) is 11.2. The molecule has 0 saturated carbocycles. The first-order valence-corrected chi connectivity index (χ1v) is 6.28. The summed E-state index contributed by atoms with van der Waals surface area (Å²) in [6.45, 7) is -0.0256. The van der Waals surface area contributed by atoms with E-state index in [-0.39, 0.29) is 6.61 Å². The Balaban J connectivity index is 2.18. The molecule has 1 unspecified atom stereocenters. The van der Waals surface area contributed by atoms with Crippen molar-refractivity contribution in [3.05, 3.63) is 64.7 Å². The number of nitrogens with one attached hydrogen (secondary N) is 1. The Morgan fingerprint density at radius 3 is 2.58 bits per heavy atom. The Morgan fingerprint density at radius 1 is 1.21 bits per heavy atom. The molecule has 0 saturated heterocycles. The molecule has 0 spiro atoms. The van der Waals surface area contributed by atoms with E-state index in [1.807, 2.05) is 36.4 Å². The molecule has 0 aliphatic heterocycles. The summed E-state index contributed by atoms with van der Waals surface area (Å²) in [5.74, 6) is 0. The van der Waals surface area contributed by atoms with Crippen LogP contribution in [-0.4, -0.2) is 11.4 Å². The van der Waals surface area contributed by atoms with E-state index in [2.05, 4.69) is 5.32 Å². The lowest BCUT2D eigenvalue weighted by Crippen LogP contribution is -2.12. The van der Waals surface area contributed by atoms with Crippen molar-refractivity contribution in [2.75, 3.05) is 5.32 Å². The van der Waals surface area contributed by atoms with Crippen LogP contribution in [0.3, 0.4) is 0 Å². The van der Waals surface area contributed by atoms with E-state index in [4.69, 9.17) is 16.7 Å². The van der Waals surface area contributed by atoms with Gasteiger partial charge >= 0.3 is 0 Å². The van der Waals surface area contributed by atoms with E-state index in [1.165, 1.54) is 0 Å². The van der Waals surface area contributed by atoms with E-state index in [1.54, 1.807) is 12.1 Å². The van der Waals surface area contributed by atoms with Crippen molar-refractivity contribution in [3.8, 4) is 0 Å². The lowest BCUT2D eigenvalue weighted by Gasteiger charge is -2.15.